The largest absolute Gasteiger partial charge is 0.497 e. The molecule has 0 bridgehead atoms. The molecule has 0 radical (unpaired) electrons. The van der Waals surface area contributed by atoms with Gasteiger partial charge in [0, 0.05) is 6.54 Å². The van der Waals surface area contributed by atoms with Crippen LogP contribution in [-0.4, -0.2) is 38.7 Å². The van der Waals surface area contributed by atoms with E-state index in [0.29, 0.717) is 5.75 Å². The molecule has 2 aromatic rings. The number of ether oxygens (including phenoxy) is 1. The summed E-state index contributed by atoms with van der Waals surface area (Å²) in [6, 6.07) is 10.1. The fraction of sp³-hybridized carbons (Fsp3) is 0.278. The Kier molecular flexibility index (Phi) is 6.30. The molecular weight excluding hydrogens is 328 g/mol. The molecule has 0 saturated heterocycles. The number of methoxy groups -OCH3 is 1. The molecule has 2 aromatic carbocycles. The third-order valence-corrected chi connectivity index (χ3v) is 3.76. The highest BCUT2D eigenvalue weighted by atomic mass is 19.1. The summed E-state index contributed by atoms with van der Waals surface area (Å²) < 4.78 is 32.4. The van der Waals surface area contributed by atoms with Crippen LogP contribution in [0.3, 0.4) is 0 Å². The zero-order valence-corrected chi connectivity index (χ0v) is 14.3. The molecule has 25 heavy (non-hydrogen) atoms. The number of rotatable bonds is 6. The Morgan fingerprint density at radius 2 is 1.80 bits per heavy atom. The van der Waals surface area contributed by atoms with Crippen molar-refractivity contribution < 1.29 is 18.3 Å². The van der Waals surface area contributed by atoms with E-state index in [-0.39, 0.29) is 12.6 Å². The number of likely N-dealkylation sites (N-methyl/N-ethyl adjacent to an activating group) is 1. The van der Waals surface area contributed by atoms with Crippen LogP contribution in [0.1, 0.15) is 11.6 Å². The van der Waals surface area contributed by atoms with E-state index in [4.69, 9.17) is 4.74 Å². The first-order valence-electron chi connectivity index (χ1n) is 7.71. The lowest BCUT2D eigenvalue weighted by atomic mass is 10.1. The van der Waals surface area contributed by atoms with E-state index in [9.17, 15) is 13.6 Å². The maximum Gasteiger partial charge on any atom is 0.319 e. The van der Waals surface area contributed by atoms with Gasteiger partial charge in [-0.2, -0.15) is 0 Å². The monoisotopic (exact) mass is 349 g/mol. The van der Waals surface area contributed by atoms with Crippen LogP contribution in [-0.2, 0) is 0 Å². The Balaban J connectivity index is 2.04. The number of hydrogen-bond acceptors (Lipinski definition) is 3. The maximum atomic E-state index is 13.6. The predicted octanol–water partition coefficient (Wildman–Crippen LogP) is 3.40. The molecule has 0 aliphatic heterocycles. The van der Waals surface area contributed by atoms with Gasteiger partial charge >= 0.3 is 6.03 Å². The summed E-state index contributed by atoms with van der Waals surface area (Å²) in [5.41, 5.74) is 0.476. The molecule has 0 aliphatic carbocycles. The Morgan fingerprint density at radius 3 is 2.40 bits per heavy atom. The molecule has 2 rings (SSSR count). The van der Waals surface area contributed by atoms with E-state index in [1.807, 2.05) is 43.3 Å². The van der Waals surface area contributed by atoms with Gasteiger partial charge in [-0.1, -0.05) is 18.2 Å². The first-order chi connectivity index (χ1) is 11.9. The van der Waals surface area contributed by atoms with E-state index in [1.54, 1.807) is 7.11 Å². The number of nitrogens with one attached hydrogen (secondary N) is 2. The molecule has 2 amide bonds. The Hall–Kier alpha value is -2.67. The van der Waals surface area contributed by atoms with E-state index >= 15 is 0 Å². The van der Waals surface area contributed by atoms with Crippen molar-refractivity contribution in [1.29, 1.82) is 0 Å². The van der Waals surface area contributed by atoms with Crippen molar-refractivity contribution >= 4 is 11.7 Å². The van der Waals surface area contributed by atoms with Gasteiger partial charge in [0.05, 0.1) is 13.2 Å². The number of carbonyl (C=O) groups is 1. The Labute approximate surface area is 145 Å². The smallest absolute Gasteiger partial charge is 0.319 e. The topological polar surface area (TPSA) is 53.6 Å². The number of amides is 2. The van der Waals surface area contributed by atoms with Gasteiger partial charge in [0.1, 0.15) is 23.1 Å². The number of carbonyl (C=O) groups excluding carboxylic acids is 1. The average Bonchev–Trinajstić information content (AvgIpc) is 2.58. The molecule has 0 heterocycles. The van der Waals surface area contributed by atoms with Crippen molar-refractivity contribution in [2.75, 3.05) is 33.1 Å². The second kappa shape index (κ2) is 8.43. The number of nitrogens with zero attached hydrogens (tertiary/aromatic N) is 1. The number of halogens is 2. The average molecular weight is 349 g/mol. The maximum absolute atomic E-state index is 13.6. The standard InChI is InChI=1S/C18H21F2N3O2/c1-23(2)16(12-6-4-7-13(10-12)25-3)11-21-18(24)22-17-14(19)8-5-9-15(17)20/h4-10,16H,11H2,1-3H3,(H2,21,22,24). The summed E-state index contributed by atoms with van der Waals surface area (Å²) in [4.78, 5) is 13.9. The first-order valence-corrected chi connectivity index (χ1v) is 7.71. The lowest BCUT2D eigenvalue weighted by Crippen LogP contribution is -2.37. The first kappa shape index (κ1) is 18.7. The Morgan fingerprint density at radius 1 is 1.16 bits per heavy atom. The second-order valence-corrected chi connectivity index (χ2v) is 5.69. The van der Waals surface area contributed by atoms with Crippen molar-refractivity contribution in [3.05, 3.63) is 59.7 Å². The zero-order valence-electron chi connectivity index (χ0n) is 14.3. The van der Waals surface area contributed by atoms with Gasteiger partial charge in [0.15, 0.2) is 0 Å². The van der Waals surface area contributed by atoms with Gasteiger partial charge in [-0.25, -0.2) is 13.6 Å². The van der Waals surface area contributed by atoms with E-state index in [1.165, 1.54) is 6.07 Å². The molecule has 0 aliphatic rings. The van der Waals surface area contributed by atoms with Crippen molar-refractivity contribution in [3.8, 4) is 5.75 Å². The molecule has 1 unspecified atom stereocenters. The summed E-state index contributed by atoms with van der Waals surface area (Å²) in [6.45, 7) is 0.252. The molecule has 0 fully saturated rings. The summed E-state index contributed by atoms with van der Waals surface area (Å²) in [6.07, 6.45) is 0. The predicted molar refractivity (Wildman–Crippen MR) is 92.8 cm³/mol. The van der Waals surface area contributed by atoms with Gasteiger partial charge in [0.2, 0.25) is 0 Å². The van der Waals surface area contributed by atoms with Crippen LogP contribution in [0.2, 0.25) is 0 Å². The van der Waals surface area contributed by atoms with Crippen molar-refractivity contribution in [1.82, 2.24) is 10.2 Å². The fourth-order valence-electron chi connectivity index (χ4n) is 2.41. The van der Waals surface area contributed by atoms with Crippen LogP contribution in [0.15, 0.2) is 42.5 Å². The molecule has 1 atom stereocenters. The normalized spacial score (nSPS) is 11.9. The highest BCUT2D eigenvalue weighted by Gasteiger charge is 2.17. The quantitative estimate of drug-likeness (QED) is 0.840. The lowest BCUT2D eigenvalue weighted by Gasteiger charge is -2.25. The SMILES string of the molecule is COc1cccc(C(CNC(=O)Nc2c(F)cccc2F)N(C)C)c1. The molecular formula is C18H21F2N3O2. The van der Waals surface area contributed by atoms with Gasteiger partial charge in [0.25, 0.3) is 0 Å². The fourth-order valence-corrected chi connectivity index (χ4v) is 2.41. The molecule has 5 nitrogen and oxygen atoms in total. The minimum Gasteiger partial charge on any atom is -0.497 e. The molecule has 2 N–H and O–H groups in total. The van der Waals surface area contributed by atoms with Crippen LogP contribution in [0.4, 0.5) is 19.3 Å². The van der Waals surface area contributed by atoms with Crippen LogP contribution < -0.4 is 15.4 Å². The summed E-state index contributed by atoms with van der Waals surface area (Å²) in [5, 5.41) is 4.84. The Bertz CT molecular complexity index is 718. The highest BCUT2D eigenvalue weighted by molar-refractivity contribution is 5.89. The highest BCUT2D eigenvalue weighted by Crippen LogP contribution is 2.22. The van der Waals surface area contributed by atoms with Crippen LogP contribution in [0, 0.1) is 11.6 Å². The summed E-state index contributed by atoms with van der Waals surface area (Å²) in [7, 11) is 5.33. The minimum atomic E-state index is -0.827. The molecule has 0 spiro atoms. The second-order valence-electron chi connectivity index (χ2n) is 5.69. The van der Waals surface area contributed by atoms with Crippen molar-refractivity contribution in [2.45, 2.75) is 6.04 Å². The van der Waals surface area contributed by atoms with Crippen molar-refractivity contribution in [2.24, 2.45) is 0 Å². The van der Waals surface area contributed by atoms with E-state index < -0.39 is 23.4 Å². The number of urea groups is 1. The lowest BCUT2D eigenvalue weighted by molar-refractivity contribution is 0.243. The van der Waals surface area contributed by atoms with Gasteiger partial charge < -0.3 is 20.3 Å². The summed E-state index contributed by atoms with van der Waals surface area (Å²) in [5.74, 6) is -0.943. The van der Waals surface area contributed by atoms with E-state index in [2.05, 4.69) is 10.6 Å². The number of para-hydroxylation sites is 1. The van der Waals surface area contributed by atoms with Gasteiger partial charge in [-0.3, -0.25) is 0 Å². The molecule has 134 valence electrons. The van der Waals surface area contributed by atoms with Crippen LogP contribution in [0.25, 0.3) is 0 Å². The third kappa shape index (κ3) is 4.90. The molecule has 0 saturated carbocycles. The minimum absolute atomic E-state index is 0.133. The number of hydrogen-bond donors (Lipinski definition) is 2. The summed E-state index contributed by atoms with van der Waals surface area (Å²) >= 11 is 0. The van der Waals surface area contributed by atoms with E-state index in [0.717, 1.165) is 17.7 Å². The number of benzene rings is 2. The molecule has 7 heteroatoms. The zero-order chi connectivity index (χ0) is 18.4. The van der Waals surface area contributed by atoms with Crippen molar-refractivity contribution in [3.63, 3.8) is 0 Å². The van der Waals surface area contributed by atoms with Gasteiger partial charge in [-0.15, -0.1) is 0 Å². The number of anilines is 1. The van der Waals surface area contributed by atoms with Crippen LogP contribution in [0.5, 0.6) is 5.75 Å². The molecule has 0 aromatic heterocycles. The van der Waals surface area contributed by atoms with Crippen LogP contribution >= 0.6 is 0 Å². The third-order valence-electron chi connectivity index (χ3n) is 3.76. The van der Waals surface area contributed by atoms with Gasteiger partial charge in [-0.05, 0) is 43.9 Å².